The van der Waals surface area contributed by atoms with E-state index in [-0.39, 0.29) is 6.41 Å². The summed E-state index contributed by atoms with van der Waals surface area (Å²) in [5, 5.41) is 4.63. The Morgan fingerprint density at radius 2 is 2.35 bits per heavy atom. The predicted molar refractivity (Wildman–Crippen MR) is 68.3 cm³/mol. The minimum absolute atomic E-state index is 0.203. The van der Waals surface area contributed by atoms with Gasteiger partial charge in [0.25, 0.3) is 0 Å². The molecule has 1 aliphatic rings. The summed E-state index contributed by atoms with van der Waals surface area (Å²) in [6.45, 7) is 0.940. The van der Waals surface area contributed by atoms with Gasteiger partial charge >= 0.3 is 10.4 Å². The number of hydrogen-bond acceptors (Lipinski definition) is 6. The maximum atomic E-state index is 10.9. The molecule has 0 bridgehead atoms. The van der Waals surface area contributed by atoms with Crippen LogP contribution in [-0.4, -0.2) is 65.3 Å². The van der Waals surface area contributed by atoms with Crippen LogP contribution in [0.15, 0.2) is 24.5 Å². The number of rotatable bonds is 5. The molecule has 1 aromatic rings. The van der Waals surface area contributed by atoms with Crippen molar-refractivity contribution >= 4 is 22.5 Å². The van der Waals surface area contributed by atoms with Crippen LogP contribution in [0, 0.1) is 0 Å². The lowest BCUT2D eigenvalue weighted by Gasteiger charge is -2.32. The summed E-state index contributed by atoms with van der Waals surface area (Å²) in [6, 6.07) is 1.09. The first-order chi connectivity index (χ1) is 9.39. The molecule has 2 rings (SSSR count). The molecule has 2 heterocycles. The van der Waals surface area contributed by atoms with Gasteiger partial charge in [-0.15, -0.1) is 4.28 Å². The first kappa shape index (κ1) is 14.7. The molecule has 0 spiro atoms. The summed E-state index contributed by atoms with van der Waals surface area (Å²) < 4.78 is 35.9. The Morgan fingerprint density at radius 1 is 1.60 bits per heavy atom. The van der Waals surface area contributed by atoms with Gasteiger partial charge in [-0.1, -0.05) is 0 Å². The van der Waals surface area contributed by atoms with Crippen molar-refractivity contribution in [3.8, 4) is 0 Å². The Kier molecular flexibility index (Phi) is 4.18. The Bertz CT molecular complexity index is 597. The van der Waals surface area contributed by atoms with Crippen molar-refractivity contribution in [3.05, 3.63) is 24.5 Å². The van der Waals surface area contributed by atoms with Gasteiger partial charge in [0.2, 0.25) is 6.41 Å². The topological polar surface area (TPSA) is 105 Å². The fourth-order valence-corrected chi connectivity index (χ4v) is 2.35. The molecule has 110 valence electrons. The molecule has 1 aromatic heterocycles. The summed E-state index contributed by atoms with van der Waals surface area (Å²) in [6.07, 6.45) is 5.20. The molecule has 0 saturated heterocycles. The van der Waals surface area contributed by atoms with Crippen molar-refractivity contribution in [2.75, 3.05) is 20.1 Å². The Balaban J connectivity index is 2.25. The highest BCUT2D eigenvalue weighted by Gasteiger charge is 2.27. The van der Waals surface area contributed by atoms with Crippen LogP contribution in [0.1, 0.15) is 0 Å². The molecule has 1 unspecified atom stereocenters. The van der Waals surface area contributed by atoms with E-state index in [4.69, 9.17) is 4.55 Å². The Labute approximate surface area is 115 Å². The maximum absolute atomic E-state index is 10.9. The largest absolute Gasteiger partial charge is 0.418 e. The van der Waals surface area contributed by atoms with E-state index in [1.165, 1.54) is 0 Å². The number of likely N-dealkylation sites (N-methyl/N-ethyl adjacent to an activating group) is 1. The minimum Gasteiger partial charge on any atom is -0.298 e. The molecule has 0 radical (unpaired) electrons. The van der Waals surface area contributed by atoms with Gasteiger partial charge in [0, 0.05) is 25.5 Å². The van der Waals surface area contributed by atoms with Crippen LogP contribution in [0.3, 0.4) is 0 Å². The highest BCUT2D eigenvalue weighted by molar-refractivity contribution is 7.80. The number of hydroxylamine groups is 2. The van der Waals surface area contributed by atoms with E-state index < -0.39 is 16.4 Å². The molecule has 1 N–H and O–H groups in total. The van der Waals surface area contributed by atoms with Crippen molar-refractivity contribution in [2.45, 2.75) is 6.04 Å². The summed E-state index contributed by atoms with van der Waals surface area (Å²) in [7, 11) is -2.94. The second kappa shape index (κ2) is 5.71. The number of hydrogen-bond donors (Lipinski definition) is 1. The third-order valence-electron chi connectivity index (χ3n) is 2.73. The summed E-state index contributed by atoms with van der Waals surface area (Å²) >= 11 is 0. The van der Waals surface area contributed by atoms with E-state index >= 15 is 0 Å². The molecule has 20 heavy (non-hydrogen) atoms. The van der Waals surface area contributed by atoms with E-state index in [0.717, 1.165) is 5.70 Å². The summed E-state index contributed by atoms with van der Waals surface area (Å²) in [4.78, 5) is 12.8. The van der Waals surface area contributed by atoms with Crippen molar-refractivity contribution in [2.24, 2.45) is 0 Å². The number of carbonyl (C=O) groups is 1. The van der Waals surface area contributed by atoms with Gasteiger partial charge in [-0.2, -0.15) is 18.6 Å². The maximum Gasteiger partial charge on any atom is 0.418 e. The van der Waals surface area contributed by atoms with Gasteiger partial charge in [-0.25, -0.2) is 4.68 Å². The quantitative estimate of drug-likeness (QED) is 0.432. The van der Waals surface area contributed by atoms with E-state index in [0.29, 0.717) is 18.2 Å². The van der Waals surface area contributed by atoms with Crippen LogP contribution < -0.4 is 0 Å². The zero-order valence-corrected chi connectivity index (χ0v) is 11.5. The highest BCUT2D eigenvalue weighted by Crippen LogP contribution is 2.17. The smallest absolute Gasteiger partial charge is 0.298 e. The highest BCUT2D eigenvalue weighted by atomic mass is 32.3. The second-order valence-electron chi connectivity index (χ2n) is 4.34. The average Bonchev–Trinajstić information content (AvgIpc) is 2.88. The molecular weight excluding hydrogens is 288 g/mol. The van der Waals surface area contributed by atoms with Gasteiger partial charge in [0.05, 0.1) is 11.7 Å². The van der Waals surface area contributed by atoms with E-state index in [2.05, 4.69) is 9.38 Å². The SMILES string of the molecule is CN1CC(n2cccn2)=CC(N(C=O)OS(=O)(=O)O)C1. The standard InChI is InChI=1S/C10H14N4O5S/c1-12-6-9(13-4-2-3-11-13)5-10(7-12)14(8-15)19-20(16,17)18/h2-5,8,10H,6-7H2,1H3,(H,16,17,18). The van der Waals surface area contributed by atoms with Crippen molar-refractivity contribution in [1.29, 1.82) is 0 Å². The first-order valence-electron chi connectivity index (χ1n) is 5.69. The summed E-state index contributed by atoms with van der Waals surface area (Å²) in [5.41, 5.74) is 0.763. The summed E-state index contributed by atoms with van der Waals surface area (Å²) in [5.74, 6) is 0. The third-order valence-corrected chi connectivity index (χ3v) is 3.09. The van der Waals surface area contributed by atoms with E-state index in [1.807, 2.05) is 4.90 Å². The second-order valence-corrected chi connectivity index (χ2v) is 5.34. The molecule has 0 aromatic carbocycles. The minimum atomic E-state index is -4.75. The zero-order chi connectivity index (χ0) is 14.8. The predicted octanol–water partition coefficient (Wildman–Crippen LogP) is -0.769. The lowest BCUT2D eigenvalue weighted by Crippen LogP contribution is -2.45. The molecule has 10 heteroatoms. The lowest BCUT2D eigenvalue weighted by molar-refractivity contribution is -0.148. The van der Waals surface area contributed by atoms with Crippen LogP contribution in [0.25, 0.3) is 5.70 Å². The monoisotopic (exact) mass is 302 g/mol. The van der Waals surface area contributed by atoms with Gasteiger partial charge in [0.15, 0.2) is 0 Å². The molecular formula is C10H14N4O5S. The van der Waals surface area contributed by atoms with Crippen molar-refractivity contribution in [3.63, 3.8) is 0 Å². The molecule has 0 fully saturated rings. The molecule has 0 aliphatic carbocycles. The van der Waals surface area contributed by atoms with Gasteiger partial charge < -0.3 is 0 Å². The number of amides is 1. The van der Waals surface area contributed by atoms with Crippen LogP contribution in [0.2, 0.25) is 0 Å². The van der Waals surface area contributed by atoms with E-state index in [1.54, 1.807) is 36.3 Å². The van der Waals surface area contributed by atoms with Gasteiger partial charge in [0.1, 0.15) is 0 Å². The van der Waals surface area contributed by atoms with Gasteiger partial charge in [-0.3, -0.25) is 14.2 Å². The van der Waals surface area contributed by atoms with Crippen LogP contribution in [-0.2, 0) is 19.5 Å². The third kappa shape index (κ3) is 3.63. The molecule has 9 nitrogen and oxygen atoms in total. The van der Waals surface area contributed by atoms with Gasteiger partial charge in [-0.05, 0) is 19.2 Å². The van der Waals surface area contributed by atoms with E-state index in [9.17, 15) is 13.2 Å². The first-order valence-corrected chi connectivity index (χ1v) is 7.05. The Morgan fingerprint density at radius 3 is 2.90 bits per heavy atom. The average molecular weight is 302 g/mol. The molecule has 0 saturated carbocycles. The zero-order valence-electron chi connectivity index (χ0n) is 10.7. The Hall–Kier alpha value is -1.75. The van der Waals surface area contributed by atoms with Crippen molar-refractivity contribution in [1.82, 2.24) is 19.7 Å². The molecule has 1 aliphatic heterocycles. The molecule has 1 amide bonds. The molecule has 1 atom stereocenters. The van der Waals surface area contributed by atoms with Crippen LogP contribution in [0.4, 0.5) is 0 Å². The normalized spacial score (nSPS) is 20.5. The number of carbonyl (C=O) groups excluding carboxylic acids is 1. The van der Waals surface area contributed by atoms with Crippen LogP contribution >= 0.6 is 0 Å². The number of nitrogens with zero attached hydrogens (tertiary/aromatic N) is 4. The van der Waals surface area contributed by atoms with Crippen molar-refractivity contribution < 1.29 is 22.0 Å². The fraction of sp³-hybridized carbons (Fsp3) is 0.400. The fourth-order valence-electron chi connectivity index (χ4n) is 1.99. The number of aromatic nitrogens is 2. The lowest BCUT2D eigenvalue weighted by atomic mass is 10.1. The van der Waals surface area contributed by atoms with Crippen LogP contribution in [0.5, 0.6) is 0 Å².